The second-order valence-corrected chi connectivity index (χ2v) is 5.10. The molecule has 0 fully saturated rings. The Kier molecular flexibility index (Phi) is 4.07. The highest BCUT2D eigenvalue weighted by Crippen LogP contribution is 2.25. The van der Waals surface area contributed by atoms with E-state index in [1.165, 1.54) is 18.2 Å². The zero-order chi connectivity index (χ0) is 14.0. The molecule has 3 nitrogen and oxygen atoms in total. The fraction of sp³-hybridized carbons (Fsp3) is 0. The Labute approximate surface area is 122 Å². The molecule has 0 spiro atoms. The number of nitrogen functional groups attached to an aromatic ring is 1. The number of hydrogen-bond donors (Lipinski definition) is 2. The summed E-state index contributed by atoms with van der Waals surface area (Å²) in [6, 6.07) is 8.96. The summed E-state index contributed by atoms with van der Waals surface area (Å²) in [5.41, 5.74) is 6.14. The molecule has 2 aromatic rings. The largest absolute Gasteiger partial charge is 0.397 e. The van der Waals surface area contributed by atoms with Gasteiger partial charge in [-0.05, 0) is 30.3 Å². The van der Waals surface area contributed by atoms with Crippen LogP contribution in [0.2, 0.25) is 5.02 Å². The third-order valence-corrected chi connectivity index (χ3v) is 3.30. The van der Waals surface area contributed by atoms with E-state index in [0.29, 0.717) is 4.47 Å². The van der Waals surface area contributed by atoms with Gasteiger partial charge in [-0.2, -0.15) is 0 Å². The van der Waals surface area contributed by atoms with Gasteiger partial charge in [-0.1, -0.05) is 33.6 Å². The molecule has 0 heterocycles. The Bertz CT molecular complexity index is 649. The molecule has 2 aromatic carbocycles. The standard InChI is InChI=1S/C13H9BrClFN2O/c14-7-4-5-10(16)11(6-7)18-13(19)8-2-1-3-9(15)12(8)17/h1-6H,17H2,(H,18,19). The van der Waals surface area contributed by atoms with Gasteiger partial charge < -0.3 is 11.1 Å². The van der Waals surface area contributed by atoms with Gasteiger partial charge in [0.15, 0.2) is 0 Å². The van der Waals surface area contributed by atoms with Gasteiger partial charge in [-0.15, -0.1) is 0 Å². The lowest BCUT2D eigenvalue weighted by atomic mass is 10.1. The maximum absolute atomic E-state index is 13.5. The van der Waals surface area contributed by atoms with Crippen LogP contribution < -0.4 is 11.1 Å². The quantitative estimate of drug-likeness (QED) is 0.807. The molecule has 0 saturated carbocycles. The number of para-hydroxylation sites is 1. The van der Waals surface area contributed by atoms with Crippen LogP contribution in [0.4, 0.5) is 15.8 Å². The summed E-state index contributed by atoms with van der Waals surface area (Å²) in [6.07, 6.45) is 0. The minimum absolute atomic E-state index is 0.0683. The van der Waals surface area contributed by atoms with Gasteiger partial charge >= 0.3 is 0 Å². The number of benzene rings is 2. The number of anilines is 2. The molecule has 19 heavy (non-hydrogen) atoms. The van der Waals surface area contributed by atoms with Crippen molar-refractivity contribution >= 4 is 44.8 Å². The average Bonchev–Trinajstić information content (AvgIpc) is 2.37. The Hall–Kier alpha value is -1.59. The first kappa shape index (κ1) is 13.8. The minimum Gasteiger partial charge on any atom is -0.397 e. The third-order valence-electron chi connectivity index (χ3n) is 2.47. The number of amides is 1. The van der Waals surface area contributed by atoms with E-state index in [-0.39, 0.29) is 22.0 Å². The molecule has 98 valence electrons. The van der Waals surface area contributed by atoms with Crippen molar-refractivity contribution < 1.29 is 9.18 Å². The molecule has 0 bridgehead atoms. The molecule has 0 unspecified atom stereocenters. The van der Waals surface area contributed by atoms with Crippen molar-refractivity contribution in [1.82, 2.24) is 0 Å². The normalized spacial score (nSPS) is 10.3. The molecule has 0 radical (unpaired) electrons. The number of rotatable bonds is 2. The van der Waals surface area contributed by atoms with Crippen molar-refractivity contribution in [2.24, 2.45) is 0 Å². The molecule has 3 N–H and O–H groups in total. The van der Waals surface area contributed by atoms with Crippen LogP contribution in [-0.4, -0.2) is 5.91 Å². The van der Waals surface area contributed by atoms with E-state index < -0.39 is 11.7 Å². The zero-order valence-corrected chi connectivity index (χ0v) is 11.9. The van der Waals surface area contributed by atoms with Gasteiger partial charge in [0.1, 0.15) is 5.82 Å². The number of hydrogen-bond acceptors (Lipinski definition) is 2. The summed E-state index contributed by atoms with van der Waals surface area (Å²) in [5, 5.41) is 2.73. The van der Waals surface area contributed by atoms with Crippen molar-refractivity contribution in [2.45, 2.75) is 0 Å². The Morgan fingerprint density at radius 1 is 1.32 bits per heavy atom. The molecule has 2 rings (SSSR count). The lowest BCUT2D eigenvalue weighted by molar-refractivity contribution is 0.102. The Morgan fingerprint density at radius 3 is 2.79 bits per heavy atom. The SMILES string of the molecule is Nc1c(Cl)cccc1C(=O)Nc1cc(Br)ccc1F. The molecule has 0 aliphatic rings. The first-order valence-corrected chi connectivity index (χ1v) is 6.46. The summed E-state index contributed by atoms with van der Waals surface area (Å²) in [4.78, 5) is 12.0. The number of nitrogens with two attached hydrogens (primary N) is 1. The molecule has 0 atom stereocenters. The molecular weight excluding hydrogens is 335 g/mol. The van der Waals surface area contributed by atoms with Crippen LogP contribution in [0.25, 0.3) is 0 Å². The average molecular weight is 344 g/mol. The van der Waals surface area contributed by atoms with E-state index in [2.05, 4.69) is 21.2 Å². The molecule has 0 aliphatic carbocycles. The number of carbonyl (C=O) groups excluding carboxylic acids is 1. The van der Waals surface area contributed by atoms with Gasteiger partial charge in [0.25, 0.3) is 5.91 Å². The summed E-state index contributed by atoms with van der Waals surface area (Å²) < 4.78 is 14.2. The van der Waals surface area contributed by atoms with Gasteiger partial charge in [0.05, 0.1) is 22.0 Å². The molecule has 0 aliphatic heterocycles. The number of carbonyl (C=O) groups is 1. The van der Waals surface area contributed by atoms with Crippen LogP contribution in [0.15, 0.2) is 40.9 Å². The second kappa shape index (κ2) is 5.59. The summed E-state index contributed by atoms with van der Waals surface area (Å²) in [5.74, 6) is -1.05. The first-order chi connectivity index (χ1) is 8.99. The van der Waals surface area contributed by atoms with Gasteiger partial charge in [0.2, 0.25) is 0 Å². The molecule has 1 amide bonds. The fourth-order valence-corrected chi connectivity index (χ4v) is 2.05. The predicted molar refractivity (Wildman–Crippen MR) is 77.9 cm³/mol. The third kappa shape index (κ3) is 3.05. The summed E-state index contributed by atoms with van der Waals surface area (Å²) >= 11 is 9.04. The molecule has 0 saturated heterocycles. The molecule has 0 aromatic heterocycles. The Morgan fingerprint density at radius 2 is 2.05 bits per heavy atom. The summed E-state index contributed by atoms with van der Waals surface area (Å²) in [7, 11) is 0. The van der Waals surface area contributed by atoms with Crippen LogP contribution in [0.3, 0.4) is 0 Å². The van der Waals surface area contributed by atoms with E-state index in [1.807, 2.05) is 0 Å². The van der Waals surface area contributed by atoms with Crippen molar-refractivity contribution in [1.29, 1.82) is 0 Å². The lowest BCUT2D eigenvalue weighted by Crippen LogP contribution is -2.15. The van der Waals surface area contributed by atoms with E-state index in [0.717, 1.165) is 0 Å². The maximum Gasteiger partial charge on any atom is 0.257 e. The van der Waals surface area contributed by atoms with E-state index in [9.17, 15) is 9.18 Å². The highest BCUT2D eigenvalue weighted by Gasteiger charge is 2.13. The smallest absolute Gasteiger partial charge is 0.257 e. The van der Waals surface area contributed by atoms with Crippen molar-refractivity contribution in [3.8, 4) is 0 Å². The van der Waals surface area contributed by atoms with Crippen LogP contribution in [0, 0.1) is 5.82 Å². The molecular formula is C13H9BrClFN2O. The van der Waals surface area contributed by atoms with Crippen LogP contribution in [-0.2, 0) is 0 Å². The predicted octanol–water partition coefficient (Wildman–Crippen LogP) is 4.08. The van der Waals surface area contributed by atoms with Gasteiger partial charge in [-0.3, -0.25) is 4.79 Å². The highest BCUT2D eigenvalue weighted by atomic mass is 79.9. The number of halogens is 3. The highest BCUT2D eigenvalue weighted by molar-refractivity contribution is 9.10. The van der Waals surface area contributed by atoms with Crippen molar-refractivity contribution in [3.63, 3.8) is 0 Å². The van der Waals surface area contributed by atoms with E-state index in [4.69, 9.17) is 17.3 Å². The lowest BCUT2D eigenvalue weighted by Gasteiger charge is -2.09. The van der Waals surface area contributed by atoms with Gasteiger partial charge in [0, 0.05) is 4.47 Å². The maximum atomic E-state index is 13.5. The van der Waals surface area contributed by atoms with Crippen molar-refractivity contribution in [2.75, 3.05) is 11.1 Å². The number of nitrogens with one attached hydrogen (secondary N) is 1. The minimum atomic E-state index is -0.530. The Balaban J connectivity index is 2.31. The summed E-state index contributed by atoms with van der Waals surface area (Å²) in [6.45, 7) is 0. The van der Waals surface area contributed by atoms with Crippen LogP contribution >= 0.6 is 27.5 Å². The van der Waals surface area contributed by atoms with E-state index in [1.54, 1.807) is 18.2 Å². The van der Waals surface area contributed by atoms with Crippen molar-refractivity contribution in [3.05, 3.63) is 57.3 Å². The first-order valence-electron chi connectivity index (χ1n) is 5.29. The monoisotopic (exact) mass is 342 g/mol. The fourth-order valence-electron chi connectivity index (χ4n) is 1.52. The van der Waals surface area contributed by atoms with Gasteiger partial charge in [-0.25, -0.2) is 4.39 Å². The van der Waals surface area contributed by atoms with E-state index >= 15 is 0 Å². The zero-order valence-electron chi connectivity index (χ0n) is 9.58. The molecule has 6 heteroatoms. The second-order valence-electron chi connectivity index (χ2n) is 3.78. The van der Waals surface area contributed by atoms with Crippen LogP contribution in [0.5, 0.6) is 0 Å². The van der Waals surface area contributed by atoms with Crippen LogP contribution in [0.1, 0.15) is 10.4 Å². The topological polar surface area (TPSA) is 55.1 Å².